The summed E-state index contributed by atoms with van der Waals surface area (Å²) in [5, 5.41) is 11.7. The maximum absolute atomic E-state index is 8.59. The second kappa shape index (κ2) is 7.51. The smallest absolute Gasteiger partial charge is 0.0556 e. The van der Waals surface area contributed by atoms with Gasteiger partial charge >= 0.3 is 0 Å². The molecule has 86 valence electrons. The fraction of sp³-hybridized carbons (Fsp3) is 0.455. The number of benzene rings is 1. The third kappa shape index (κ3) is 5.02. The Morgan fingerprint density at radius 1 is 1.20 bits per heavy atom. The molecule has 0 amide bonds. The molecule has 1 aromatic rings. The zero-order valence-corrected chi connectivity index (χ0v) is 10.0. The molecule has 15 heavy (non-hydrogen) atoms. The van der Waals surface area contributed by atoms with Gasteiger partial charge in [0.25, 0.3) is 0 Å². The normalized spacial score (nSPS) is 9.53. The lowest BCUT2D eigenvalue weighted by molar-refractivity contribution is 0.292. The van der Waals surface area contributed by atoms with E-state index in [2.05, 4.69) is 34.5 Å². The molecular weight excluding hydrogens is 212 g/mol. The number of hydrogen-bond acceptors (Lipinski definition) is 3. The average molecular weight is 231 g/mol. The minimum Gasteiger partial charge on any atom is -0.395 e. The number of nitrogens with one attached hydrogen (secondary N) is 1. The van der Waals surface area contributed by atoms with Gasteiger partial charge in [-0.1, -0.05) is 12.1 Å². The predicted octanol–water partition coefficient (Wildman–Crippen LogP) is 1.26. The molecule has 0 heterocycles. The lowest BCUT2D eigenvalue weighted by Crippen LogP contribution is -2.17. The number of anilines is 1. The van der Waals surface area contributed by atoms with Gasteiger partial charge in [0.2, 0.25) is 0 Å². The van der Waals surface area contributed by atoms with Crippen LogP contribution >= 0.6 is 12.4 Å². The Morgan fingerprint density at radius 2 is 1.80 bits per heavy atom. The summed E-state index contributed by atoms with van der Waals surface area (Å²) in [6.07, 6.45) is 0. The molecule has 0 saturated carbocycles. The molecule has 0 radical (unpaired) electrons. The first-order valence-electron chi connectivity index (χ1n) is 4.82. The lowest BCUT2D eigenvalue weighted by Gasteiger charge is -2.12. The number of rotatable bonds is 5. The summed E-state index contributed by atoms with van der Waals surface area (Å²) >= 11 is 0. The highest BCUT2D eigenvalue weighted by atomic mass is 35.5. The summed E-state index contributed by atoms with van der Waals surface area (Å²) in [7, 11) is 4.05. The highest BCUT2D eigenvalue weighted by molar-refractivity contribution is 5.85. The van der Waals surface area contributed by atoms with Crippen LogP contribution in [-0.4, -0.2) is 32.4 Å². The number of halogens is 1. The first-order valence-corrected chi connectivity index (χ1v) is 4.82. The van der Waals surface area contributed by atoms with E-state index in [-0.39, 0.29) is 19.0 Å². The van der Waals surface area contributed by atoms with Crippen molar-refractivity contribution in [3.05, 3.63) is 29.8 Å². The summed E-state index contributed by atoms with van der Waals surface area (Å²) < 4.78 is 0. The second-order valence-corrected chi connectivity index (χ2v) is 3.46. The van der Waals surface area contributed by atoms with Gasteiger partial charge in [-0.05, 0) is 17.7 Å². The van der Waals surface area contributed by atoms with E-state index in [4.69, 9.17) is 5.11 Å². The highest BCUT2D eigenvalue weighted by Crippen LogP contribution is 2.11. The summed E-state index contributed by atoms with van der Waals surface area (Å²) in [5.41, 5.74) is 2.44. The van der Waals surface area contributed by atoms with Crippen LogP contribution in [0, 0.1) is 0 Å². The Bertz CT molecular complexity index is 262. The second-order valence-electron chi connectivity index (χ2n) is 3.46. The van der Waals surface area contributed by atoms with Gasteiger partial charge in [-0.2, -0.15) is 0 Å². The predicted molar refractivity (Wildman–Crippen MR) is 66.8 cm³/mol. The summed E-state index contributed by atoms with van der Waals surface area (Å²) in [6.45, 7) is 1.65. The fourth-order valence-corrected chi connectivity index (χ4v) is 1.22. The lowest BCUT2D eigenvalue weighted by atomic mass is 10.2. The van der Waals surface area contributed by atoms with E-state index in [9.17, 15) is 0 Å². The van der Waals surface area contributed by atoms with E-state index in [0.717, 1.165) is 6.54 Å². The molecule has 0 fully saturated rings. The third-order valence-corrected chi connectivity index (χ3v) is 2.07. The van der Waals surface area contributed by atoms with E-state index >= 15 is 0 Å². The van der Waals surface area contributed by atoms with Crippen LogP contribution in [0.15, 0.2) is 24.3 Å². The van der Waals surface area contributed by atoms with Crippen molar-refractivity contribution < 1.29 is 5.11 Å². The first-order chi connectivity index (χ1) is 6.74. The molecule has 0 spiro atoms. The first kappa shape index (κ1) is 14.2. The monoisotopic (exact) mass is 230 g/mol. The third-order valence-electron chi connectivity index (χ3n) is 2.07. The van der Waals surface area contributed by atoms with E-state index in [1.807, 2.05) is 14.1 Å². The van der Waals surface area contributed by atoms with Crippen molar-refractivity contribution in [2.45, 2.75) is 6.54 Å². The van der Waals surface area contributed by atoms with Gasteiger partial charge in [-0.3, -0.25) is 0 Å². The average Bonchev–Trinajstić information content (AvgIpc) is 2.19. The minimum absolute atomic E-state index is 0. The van der Waals surface area contributed by atoms with Crippen LogP contribution in [0.2, 0.25) is 0 Å². The topological polar surface area (TPSA) is 35.5 Å². The summed E-state index contributed by atoms with van der Waals surface area (Å²) in [6, 6.07) is 8.38. The van der Waals surface area contributed by atoms with Crippen molar-refractivity contribution in [1.29, 1.82) is 0 Å². The van der Waals surface area contributed by atoms with E-state index in [0.29, 0.717) is 6.54 Å². The zero-order valence-electron chi connectivity index (χ0n) is 9.23. The van der Waals surface area contributed by atoms with Crippen molar-refractivity contribution in [3.8, 4) is 0 Å². The van der Waals surface area contributed by atoms with E-state index in [1.54, 1.807) is 0 Å². The largest absolute Gasteiger partial charge is 0.395 e. The molecule has 0 atom stereocenters. The molecule has 0 aromatic heterocycles. The van der Waals surface area contributed by atoms with Crippen LogP contribution in [-0.2, 0) is 6.54 Å². The molecule has 1 rings (SSSR count). The molecule has 0 aliphatic carbocycles. The molecule has 4 heteroatoms. The van der Waals surface area contributed by atoms with Gasteiger partial charge in [-0.15, -0.1) is 12.4 Å². The van der Waals surface area contributed by atoms with Gasteiger partial charge in [0, 0.05) is 32.9 Å². The zero-order chi connectivity index (χ0) is 10.4. The fourth-order valence-electron chi connectivity index (χ4n) is 1.22. The molecule has 0 bridgehead atoms. The Hall–Kier alpha value is -0.770. The minimum atomic E-state index is 0. The van der Waals surface area contributed by atoms with Crippen LogP contribution < -0.4 is 10.2 Å². The van der Waals surface area contributed by atoms with Crippen molar-refractivity contribution in [2.75, 3.05) is 32.1 Å². The number of hydrogen-bond donors (Lipinski definition) is 2. The Morgan fingerprint density at radius 3 is 2.27 bits per heavy atom. The molecule has 0 aliphatic heterocycles. The Balaban J connectivity index is 0.00000196. The quantitative estimate of drug-likeness (QED) is 0.748. The molecule has 1 aromatic carbocycles. The van der Waals surface area contributed by atoms with E-state index < -0.39 is 0 Å². The summed E-state index contributed by atoms with van der Waals surface area (Å²) in [4.78, 5) is 2.07. The van der Waals surface area contributed by atoms with Gasteiger partial charge in [0.05, 0.1) is 6.61 Å². The molecular formula is C11H19ClN2O. The number of nitrogens with zero attached hydrogens (tertiary/aromatic N) is 1. The van der Waals surface area contributed by atoms with Crippen molar-refractivity contribution in [1.82, 2.24) is 5.32 Å². The van der Waals surface area contributed by atoms with Gasteiger partial charge in [-0.25, -0.2) is 0 Å². The maximum atomic E-state index is 8.59. The molecule has 0 aliphatic rings. The van der Waals surface area contributed by atoms with Crippen molar-refractivity contribution in [2.24, 2.45) is 0 Å². The molecule has 0 saturated heterocycles. The van der Waals surface area contributed by atoms with Gasteiger partial charge < -0.3 is 15.3 Å². The molecule has 0 unspecified atom stereocenters. The van der Waals surface area contributed by atoms with Gasteiger partial charge in [0.1, 0.15) is 0 Å². The standard InChI is InChI=1S/C11H18N2O.ClH/c1-13(2)11-5-3-10(4-6-11)9-12-7-8-14;/h3-6,12,14H,7-9H2,1-2H3;1H. The van der Waals surface area contributed by atoms with Crippen molar-refractivity contribution >= 4 is 18.1 Å². The Kier molecular flexibility index (Phi) is 7.13. The van der Waals surface area contributed by atoms with Crippen LogP contribution in [0.4, 0.5) is 5.69 Å². The summed E-state index contributed by atoms with van der Waals surface area (Å²) in [5.74, 6) is 0. The molecule has 3 nitrogen and oxygen atoms in total. The van der Waals surface area contributed by atoms with Crippen LogP contribution in [0.25, 0.3) is 0 Å². The van der Waals surface area contributed by atoms with Gasteiger partial charge in [0.15, 0.2) is 0 Å². The number of aliphatic hydroxyl groups is 1. The van der Waals surface area contributed by atoms with Crippen molar-refractivity contribution in [3.63, 3.8) is 0 Å². The Labute approximate surface area is 97.5 Å². The van der Waals surface area contributed by atoms with Crippen LogP contribution in [0.3, 0.4) is 0 Å². The van der Waals surface area contributed by atoms with Crippen LogP contribution in [0.5, 0.6) is 0 Å². The SMILES string of the molecule is CN(C)c1ccc(CNCCO)cc1.Cl. The molecule has 2 N–H and O–H groups in total. The van der Waals surface area contributed by atoms with E-state index in [1.165, 1.54) is 11.3 Å². The highest BCUT2D eigenvalue weighted by Gasteiger charge is 1.95. The van der Waals surface area contributed by atoms with Crippen LogP contribution in [0.1, 0.15) is 5.56 Å². The number of aliphatic hydroxyl groups excluding tert-OH is 1. The maximum Gasteiger partial charge on any atom is 0.0556 e.